The third kappa shape index (κ3) is 2.88. The molecule has 1 heterocycles. The maximum absolute atomic E-state index is 11.7. The summed E-state index contributed by atoms with van der Waals surface area (Å²) < 4.78 is 2.56. The standard InChI is InChI=1S/C19H31NOSi/c1-14(2)22(15(3)4,16(5)6)20-11-10-18(13-20)17-8-7-9-19(21)12-17/h10-16H,7-9H2,1-6H3. The van der Waals surface area contributed by atoms with E-state index in [-0.39, 0.29) is 5.78 Å². The summed E-state index contributed by atoms with van der Waals surface area (Å²) in [5, 5.41) is 0. The van der Waals surface area contributed by atoms with Crippen molar-refractivity contribution in [3.8, 4) is 0 Å². The molecule has 2 rings (SSSR count). The van der Waals surface area contributed by atoms with Crippen molar-refractivity contribution in [2.45, 2.75) is 77.4 Å². The lowest BCUT2D eigenvalue weighted by Crippen LogP contribution is -2.51. The molecule has 0 fully saturated rings. The van der Waals surface area contributed by atoms with Gasteiger partial charge in [0, 0.05) is 12.6 Å². The molecule has 0 saturated carbocycles. The highest BCUT2D eigenvalue weighted by Gasteiger charge is 2.44. The van der Waals surface area contributed by atoms with Gasteiger partial charge in [0.15, 0.2) is 14.0 Å². The first-order chi connectivity index (χ1) is 10.3. The SMILES string of the molecule is CC(C)[Si](C(C)C)(C(C)C)n1ccc(C2=CC(=O)CCC2)c1. The van der Waals surface area contributed by atoms with E-state index in [1.165, 1.54) is 11.1 Å². The molecule has 0 N–H and O–H groups in total. The number of rotatable bonds is 5. The van der Waals surface area contributed by atoms with Crippen LogP contribution in [0.3, 0.4) is 0 Å². The first kappa shape index (κ1) is 17.3. The lowest BCUT2D eigenvalue weighted by atomic mass is 9.95. The van der Waals surface area contributed by atoms with Crippen LogP contribution in [0.2, 0.25) is 16.6 Å². The largest absolute Gasteiger partial charge is 0.379 e. The second kappa shape index (κ2) is 6.57. The Hall–Kier alpha value is -1.09. The quantitative estimate of drug-likeness (QED) is 0.643. The summed E-state index contributed by atoms with van der Waals surface area (Å²) in [6, 6.07) is 2.22. The van der Waals surface area contributed by atoms with E-state index in [0.29, 0.717) is 23.0 Å². The zero-order valence-electron chi connectivity index (χ0n) is 15.0. The van der Waals surface area contributed by atoms with Gasteiger partial charge < -0.3 is 4.23 Å². The van der Waals surface area contributed by atoms with E-state index >= 15 is 0 Å². The topological polar surface area (TPSA) is 22.0 Å². The van der Waals surface area contributed by atoms with Crippen LogP contribution in [0.5, 0.6) is 0 Å². The summed E-state index contributed by atoms with van der Waals surface area (Å²) in [7, 11) is -1.66. The Morgan fingerprint density at radius 3 is 2.09 bits per heavy atom. The van der Waals surface area contributed by atoms with Crippen LogP contribution in [0, 0.1) is 0 Å². The number of nitrogens with zero attached hydrogens (tertiary/aromatic N) is 1. The van der Waals surface area contributed by atoms with E-state index in [4.69, 9.17) is 0 Å². The van der Waals surface area contributed by atoms with E-state index in [9.17, 15) is 4.79 Å². The molecular formula is C19H31NOSi. The monoisotopic (exact) mass is 317 g/mol. The van der Waals surface area contributed by atoms with Crippen LogP contribution in [0.25, 0.3) is 5.57 Å². The summed E-state index contributed by atoms with van der Waals surface area (Å²) >= 11 is 0. The van der Waals surface area contributed by atoms with Crippen molar-refractivity contribution in [2.24, 2.45) is 0 Å². The Kier molecular flexibility index (Phi) is 5.16. The lowest BCUT2D eigenvalue weighted by Gasteiger charge is -2.44. The number of hydrogen-bond donors (Lipinski definition) is 0. The van der Waals surface area contributed by atoms with Crippen molar-refractivity contribution in [3.63, 3.8) is 0 Å². The van der Waals surface area contributed by atoms with Crippen LogP contribution in [0.15, 0.2) is 24.5 Å². The van der Waals surface area contributed by atoms with Crippen molar-refractivity contribution < 1.29 is 4.79 Å². The molecule has 1 aliphatic carbocycles. The fourth-order valence-corrected chi connectivity index (χ4v) is 11.2. The highest BCUT2D eigenvalue weighted by Crippen LogP contribution is 2.43. The van der Waals surface area contributed by atoms with Crippen LogP contribution in [0.1, 0.15) is 66.4 Å². The maximum atomic E-state index is 11.7. The van der Waals surface area contributed by atoms with E-state index in [2.05, 4.69) is 64.2 Å². The molecule has 0 aliphatic heterocycles. The van der Waals surface area contributed by atoms with Gasteiger partial charge in [-0.25, -0.2) is 0 Å². The summed E-state index contributed by atoms with van der Waals surface area (Å²) in [5.41, 5.74) is 4.56. The van der Waals surface area contributed by atoms with Gasteiger partial charge >= 0.3 is 0 Å². The third-order valence-corrected chi connectivity index (χ3v) is 12.2. The average Bonchev–Trinajstić information content (AvgIpc) is 2.88. The Morgan fingerprint density at radius 2 is 1.59 bits per heavy atom. The van der Waals surface area contributed by atoms with Gasteiger partial charge in [0.05, 0.1) is 0 Å². The van der Waals surface area contributed by atoms with E-state index < -0.39 is 8.24 Å². The molecule has 1 aliphatic rings. The lowest BCUT2D eigenvalue weighted by molar-refractivity contribution is -0.114. The predicted molar refractivity (Wildman–Crippen MR) is 97.7 cm³/mol. The molecule has 0 bridgehead atoms. The fourth-order valence-electron chi connectivity index (χ4n) is 4.74. The van der Waals surface area contributed by atoms with Gasteiger partial charge in [-0.2, -0.15) is 0 Å². The molecule has 1 aromatic heterocycles. The zero-order valence-corrected chi connectivity index (χ0v) is 16.0. The van der Waals surface area contributed by atoms with Crippen LogP contribution in [-0.2, 0) is 4.79 Å². The van der Waals surface area contributed by atoms with Crippen LogP contribution in [0.4, 0.5) is 0 Å². The summed E-state index contributed by atoms with van der Waals surface area (Å²) in [4.78, 5) is 11.7. The highest BCUT2D eigenvalue weighted by atomic mass is 28.3. The first-order valence-electron chi connectivity index (χ1n) is 8.72. The number of carbonyl (C=O) groups excluding carboxylic acids is 1. The van der Waals surface area contributed by atoms with Gasteiger partial charge in [0.2, 0.25) is 0 Å². The third-order valence-electron chi connectivity index (χ3n) is 5.49. The second-order valence-corrected chi connectivity index (χ2v) is 13.4. The molecule has 2 nitrogen and oxygen atoms in total. The molecule has 0 radical (unpaired) electrons. The Balaban J connectivity index is 2.46. The van der Waals surface area contributed by atoms with Crippen molar-refractivity contribution in [3.05, 3.63) is 30.1 Å². The minimum Gasteiger partial charge on any atom is -0.379 e. The number of allylic oxidation sites excluding steroid dienone is 2. The average molecular weight is 318 g/mol. The Bertz CT molecular complexity index is 544. The van der Waals surface area contributed by atoms with Crippen molar-refractivity contribution in [1.82, 2.24) is 4.23 Å². The van der Waals surface area contributed by atoms with Gasteiger partial charge in [-0.1, -0.05) is 41.5 Å². The smallest absolute Gasteiger partial charge is 0.168 e. The van der Waals surface area contributed by atoms with Gasteiger partial charge in [-0.15, -0.1) is 0 Å². The molecule has 3 heteroatoms. The maximum Gasteiger partial charge on any atom is 0.168 e. The van der Waals surface area contributed by atoms with E-state index in [1.807, 2.05) is 6.08 Å². The van der Waals surface area contributed by atoms with E-state index in [0.717, 1.165) is 12.8 Å². The number of hydrogen-bond acceptors (Lipinski definition) is 1. The summed E-state index contributed by atoms with van der Waals surface area (Å²) in [6.45, 7) is 14.3. The molecule has 0 amide bonds. The van der Waals surface area contributed by atoms with Gasteiger partial charge in [0.25, 0.3) is 0 Å². The summed E-state index contributed by atoms with van der Waals surface area (Å²) in [6.07, 6.45) is 9.23. The number of aromatic nitrogens is 1. The molecule has 0 spiro atoms. The first-order valence-corrected chi connectivity index (χ1v) is 10.9. The molecule has 0 aromatic carbocycles. The van der Waals surface area contributed by atoms with Gasteiger partial charge in [0.1, 0.15) is 0 Å². The minimum atomic E-state index is -1.66. The van der Waals surface area contributed by atoms with Crippen molar-refractivity contribution in [2.75, 3.05) is 0 Å². The highest BCUT2D eigenvalue weighted by molar-refractivity contribution is 6.82. The molecule has 0 unspecified atom stereocenters. The fraction of sp³-hybridized carbons (Fsp3) is 0.632. The minimum absolute atomic E-state index is 0.286. The molecule has 1 aromatic rings. The van der Waals surface area contributed by atoms with Crippen LogP contribution >= 0.6 is 0 Å². The zero-order chi connectivity index (χ0) is 16.5. The van der Waals surface area contributed by atoms with Crippen molar-refractivity contribution >= 4 is 19.6 Å². The van der Waals surface area contributed by atoms with Gasteiger partial charge in [-0.3, -0.25) is 4.79 Å². The molecule has 0 saturated heterocycles. The summed E-state index contributed by atoms with van der Waals surface area (Å²) in [5.74, 6) is 0.286. The number of ketones is 1. The van der Waals surface area contributed by atoms with Crippen LogP contribution in [-0.4, -0.2) is 18.3 Å². The van der Waals surface area contributed by atoms with E-state index in [1.54, 1.807) is 0 Å². The van der Waals surface area contributed by atoms with Gasteiger partial charge in [-0.05, 0) is 58.9 Å². The second-order valence-electron chi connectivity index (χ2n) is 7.65. The Labute approximate surface area is 136 Å². The van der Waals surface area contributed by atoms with Crippen LogP contribution < -0.4 is 0 Å². The molecule has 0 atom stereocenters. The van der Waals surface area contributed by atoms with Crippen molar-refractivity contribution in [1.29, 1.82) is 0 Å². The normalized spacial score (nSPS) is 16.8. The Morgan fingerprint density at radius 1 is 1.00 bits per heavy atom. The predicted octanol–water partition coefficient (Wildman–Crippen LogP) is 5.65. The molecule has 122 valence electrons. The number of carbonyl (C=O) groups is 1. The molecule has 22 heavy (non-hydrogen) atoms. The molecular weight excluding hydrogens is 286 g/mol.